The Morgan fingerprint density at radius 3 is 2.61 bits per heavy atom. The van der Waals surface area contributed by atoms with Gasteiger partial charge >= 0.3 is 0 Å². The Hall–Kier alpha value is -2.14. The third kappa shape index (κ3) is 2.88. The normalized spacial score (nSPS) is 11.2. The number of aryl methyl sites for hydroxylation is 2. The smallest absolute Gasteiger partial charge is 0.137 e. The van der Waals surface area contributed by atoms with E-state index in [1.807, 2.05) is 46.1 Å². The molecule has 1 aromatic carbocycles. The largest absolute Gasteiger partial charge is 0.352 e. The van der Waals surface area contributed by atoms with Crippen LogP contribution in [0.3, 0.4) is 0 Å². The second-order valence-corrected chi connectivity index (χ2v) is 6.02. The minimum absolute atomic E-state index is 0.517. The number of benzene rings is 1. The van der Waals surface area contributed by atoms with E-state index in [0.29, 0.717) is 11.7 Å². The number of aromatic nitrogens is 4. The molecule has 0 fully saturated rings. The van der Waals surface area contributed by atoms with Crippen LogP contribution >= 0.6 is 11.6 Å². The fourth-order valence-electron chi connectivity index (χ4n) is 2.67. The van der Waals surface area contributed by atoms with Crippen molar-refractivity contribution in [2.75, 3.05) is 11.9 Å². The number of hydrogen-bond donors (Lipinski definition) is 0. The number of rotatable bonds is 4. The van der Waals surface area contributed by atoms with Crippen molar-refractivity contribution in [2.24, 2.45) is 7.05 Å². The van der Waals surface area contributed by atoms with Gasteiger partial charge < -0.3 is 9.47 Å². The van der Waals surface area contributed by atoms with Crippen LogP contribution in [0.1, 0.15) is 24.1 Å². The zero-order valence-electron chi connectivity index (χ0n) is 13.8. The lowest BCUT2D eigenvalue weighted by Crippen LogP contribution is -2.22. The molecule has 0 bridgehead atoms. The van der Waals surface area contributed by atoms with E-state index in [1.54, 1.807) is 0 Å². The first-order valence-electron chi connectivity index (χ1n) is 7.65. The number of anilines is 1. The number of fused-ring (bicyclic) bond motifs is 1. The maximum absolute atomic E-state index is 6.24. The fourth-order valence-corrected chi connectivity index (χ4v) is 2.86. The second kappa shape index (κ2) is 6.16. The summed E-state index contributed by atoms with van der Waals surface area (Å²) in [5.41, 5.74) is 3.03. The summed E-state index contributed by atoms with van der Waals surface area (Å²) in [5, 5.41) is 0.517. The van der Waals surface area contributed by atoms with Crippen LogP contribution in [0.2, 0.25) is 5.15 Å². The monoisotopic (exact) mass is 329 g/mol. The molecule has 2 aromatic heterocycles. The topological polar surface area (TPSA) is 46.8 Å². The summed E-state index contributed by atoms with van der Waals surface area (Å²) in [7, 11) is 4.04. The van der Waals surface area contributed by atoms with Crippen molar-refractivity contribution in [3.63, 3.8) is 0 Å². The first-order valence-corrected chi connectivity index (χ1v) is 8.03. The van der Waals surface area contributed by atoms with Crippen molar-refractivity contribution in [3.8, 4) is 0 Å². The zero-order valence-corrected chi connectivity index (χ0v) is 14.6. The highest BCUT2D eigenvalue weighted by Gasteiger charge is 2.15. The predicted molar refractivity (Wildman–Crippen MR) is 94.0 cm³/mol. The van der Waals surface area contributed by atoms with Gasteiger partial charge in [-0.15, -0.1) is 0 Å². The molecule has 0 radical (unpaired) electrons. The molecule has 6 heteroatoms. The molecule has 120 valence electrons. The van der Waals surface area contributed by atoms with Crippen LogP contribution < -0.4 is 4.90 Å². The average Bonchev–Trinajstić information content (AvgIpc) is 2.86. The Labute approximate surface area is 141 Å². The molecule has 2 heterocycles. The van der Waals surface area contributed by atoms with Crippen LogP contribution in [0, 0.1) is 6.92 Å². The molecular formula is C17H20ClN5. The Bertz CT molecular complexity index is 856. The lowest BCUT2D eigenvalue weighted by Gasteiger charge is -2.21. The van der Waals surface area contributed by atoms with E-state index in [4.69, 9.17) is 16.6 Å². The zero-order chi connectivity index (χ0) is 16.6. The van der Waals surface area contributed by atoms with Crippen LogP contribution in [0.15, 0.2) is 24.3 Å². The molecule has 0 aliphatic heterocycles. The van der Waals surface area contributed by atoms with Crippen molar-refractivity contribution >= 4 is 28.5 Å². The van der Waals surface area contributed by atoms with Crippen LogP contribution in [-0.2, 0) is 20.0 Å². The summed E-state index contributed by atoms with van der Waals surface area (Å²) in [6.07, 6.45) is 0.757. The Morgan fingerprint density at radius 1 is 1.17 bits per heavy atom. The summed E-state index contributed by atoms with van der Waals surface area (Å²) < 4.78 is 2.12. The maximum Gasteiger partial charge on any atom is 0.137 e. The van der Waals surface area contributed by atoms with Gasteiger partial charge in [-0.25, -0.2) is 15.0 Å². The van der Waals surface area contributed by atoms with Crippen molar-refractivity contribution < 1.29 is 0 Å². The van der Waals surface area contributed by atoms with E-state index in [9.17, 15) is 0 Å². The summed E-state index contributed by atoms with van der Waals surface area (Å²) in [6, 6.07) is 8.14. The third-order valence-corrected chi connectivity index (χ3v) is 4.41. The lowest BCUT2D eigenvalue weighted by molar-refractivity contribution is 0.759. The number of halogens is 1. The minimum Gasteiger partial charge on any atom is -0.352 e. The quantitative estimate of drug-likeness (QED) is 0.687. The van der Waals surface area contributed by atoms with Crippen molar-refractivity contribution in [1.82, 2.24) is 19.5 Å². The molecule has 0 atom stereocenters. The van der Waals surface area contributed by atoms with Gasteiger partial charge in [-0.05, 0) is 19.1 Å². The highest BCUT2D eigenvalue weighted by atomic mass is 35.5. The van der Waals surface area contributed by atoms with E-state index in [2.05, 4.69) is 25.5 Å². The van der Waals surface area contributed by atoms with Crippen LogP contribution in [0.4, 0.5) is 5.82 Å². The van der Waals surface area contributed by atoms with E-state index in [0.717, 1.165) is 40.5 Å². The summed E-state index contributed by atoms with van der Waals surface area (Å²) in [6.45, 7) is 4.63. The highest BCUT2D eigenvalue weighted by Crippen LogP contribution is 2.24. The predicted octanol–water partition coefficient (Wildman–Crippen LogP) is 3.52. The summed E-state index contributed by atoms with van der Waals surface area (Å²) in [5.74, 6) is 2.60. The Morgan fingerprint density at radius 2 is 1.91 bits per heavy atom. The maximum atomic E-state index is 6.24. The third-order valence-electron chi connectivity index (χ3n) is 4.04. The standard InChI is InChI=1S/C17H20ClN5/c1-5-14-20-16(18)11(2)17(21-14)22(3)10-15-19-12-8-6-7-9-13(12)23(15)4/h6-9H,5,10H2,1-4H3. The Balaban J connectivity index is 1.96. The van der Waals surface area contributed by atoms with Gasteiger partial charge in [0.2, 0.25) is 0 Å². The SMILES string of the molecule is CCc1nc(Cl)c(C)c(N(C)Cc2nc3ccccc3n2C)n1. The van der Waals surface area contributed by atoms with E-state index in [-0.39, 0.29) is 0 Å². The molecule has 3 aromatic rings. The molecule has 3 rings (SSSR count). The average molecular weight is 330 g/mol. The van der Waals surface area contributed by atoms with Gasteiger partial charge in [0.25, 0.3) is 0 Å². The number of imidazole rings is 1. The molecule has 23 heavy (non-hydrogen) atoms. The molecule has 0 saturated heterocycles. The number of para-hydroxylation sites is 2. The van der Waals surface area contributed by atoms with E-state index in [1.165, 1.54) is 0 Å². The van der Waals surface area contributed by atoms with E-state index < -0.39 is 0 Å². The molecule has 0 saturated carbocycles. The molecule has 0 aliphatic carbocycles. The first kappa shape index (κ1) is 15.7. The van der Waals surface area contributed by atoms with Gasteiger partial charge in [0, 0.05) is 26.1 Å². The van der Waals surface area contributed by atoms with Crippen LogP contribution in [0.25, 0.3) is 11.0 Å². The first-order chi connectivity index (χ1) is 11.0. The molecule has 5 nitrogen and oxygen atoms in total. The Kier molecular flexibility index (Phi) is 4.22. The van der Waals surface area contributed by atoms with Gasteiger partial charge in [0.15, 0.2) is 0 Å². The number of hydrogen-bond acceptors (Lipinski definition) is 4. The minimum atomic E-state index is 0.517. The molecule has 0 unspecified atom stereocenters. The van der Waals surface area contributed by atoms with Crippen LogP contribution in [0.5, 0.6) is 0 Å². The molecule has 0 spiro atoms. The van der Waals surface area contributed by atoms with Crippen molar-refractivity contribution in [1.29, 1.82) is 0 Å². The van der Waals surface area contributed by atoms with Gasteiger partial charge in [-0.1, -0.05) is 30.7 Å². The molecule has 0 amide bonds. The lowest BCUT2D eigenvalue weighted by atomic mass is 10.3. The van der Waals surface area contributed by atoms with Gasteiger partial charge in [0.1, 0.15) is 22.6 Å². The van der Waals surface area contributed by atoms with Gasteiger partial charge in [-0.3, -0.25) is 0 Å². The van der Waals surface area contributed by atoms with Crippen molar-refractivity contribution in [3.05, 3.63) is 46.6 Å². The summed E-state index contributed by atoms with van der Waals surface area (Å²) >= 11 is 6.24. The highest BCUT2D eigenvalue weighted by molar-refractivity contribution is 6.30. The second-order valence-electron chi connectivity index (χ2n) is 5.66. The summed E-state index contributed by atoms with van der Waals surface area (Å²) in [4.78, 5) is 15.7. The van der Waals surface area contributed by atoms with E-state index >= 15 is 0 Å². The molecule has 0 aliphatic rings. The van der Waals surface area contributed by atoms with Gasteiger partial charge in [0.05, 0.1) is 17.6 Å². The van der Waals surface area contributed by atoms with Crippen molar-refractivity contribution in [2.45, 2.75) is 26.8 Å². The van der Waals surface area contributed by atoms with Gasteiger partial charge in [-0.2, -0.15) is 0 Å². The molecular weight excluding hydrogens is 310 g/mol. The molecule has 0 N–H and O–H groups in total. The fraction of sp³-hybridized carbons (Fsp3) is 0.353. The van der Waals surface area contributed by atoms with Crippen LogP contribution in [-0.4, -0.2) is 26.6 Å². The number of nitrogens with zero attached hydrogens (tertiary/aromatic N) is 5.